The molecule has 0 aromatic heterocycles. The monoisotopic (exact) mass is 265 g/mol. The second kappa shape index (κ2) is 5.82. The molecule has 1 aliphatic rings. The van der Waals surface area contributed by atoms with Crippen molar-refractivity contribution in [2.75, 3.05) is 5.32 Å². The number of halogens is 1. The van der Waals surface area contributed by atoms with Crippen molar-refractivity contribution in [2.45, 2.75) is 32.1 Å². The highest BCUT2D eigenvalue weighted by Gasteiger charge is 2.21. The highest BCUT2D eigenvalue weighted by molar-refractivity contribution is 5.97. The van der Waals surface area contributed by atoms with Crippen LogP contribution in [0.2, 0.25) is 0 Å². The summed E-state index contributed by atoms with van der Waals surface area (Å²) in [4.78, 5) is 22.4. The number of nitrogens with one attached hydrogen (secondary N) is 1. The van der Waals surface area contributed by atoms with Crippen LogP contribution in [0.3, 0.4) is 0 Å². The standard InChI is InChI=1S/C14H16FNO3/c15-11-7-6-10(8-12(11)16-14(18)19)13(17)3-1-2-9-4-5-9/h6-9,16H,1-5H2,(H,18,19). The Bertz CT molecular complexity index is 497. The summed E-state index contributed by atoms with van der Waals surface area (Å²) in [5.74, 6) is 0.0243. The summed E-state index contributed by atoms with van der Waals surface area (Å²) in [6.45, 7) is 0. The molecule has 0 atom stereocenters. The van der Waals surface area contributed by atoms with Crippen LogP contribution in [-0.2, 0) is 0 Å². The SMILES string of the molecule is O=C(O)Nc1cc(C(=O)CCCC2CC2)ccc1F. The molecule has 0 aliphatic heterocycles. The van der Waals surface area contributed by atoms with Gasteiger partial charge in [-0.15, -0.1) is 0 Å². The summed E-state index contributed by atoms with van der Waals surface area (Å²) in [7, 11) is 0. The summed E-state index contributed by atoms with van der Waals surface area (Å²) in [6, 6.07) is 3.75. The molecule has 1 fully saturated rings. The van der Waals surface area contributed by atoms with Gasteiger partial charge in [-0.1, -0.05) is 19.3 Å². The quantitative estimate of drug-likeness (QED) is 0.771. The molecule has 1 saturated carbocycles. The zero-order valence-corrected chi connectivity index (χ0v) is 10.5. The van der Waals surface area contributed by atoms with Gasteiger partial charge in [-0.3, -0.25) is 10.1 Å². The Kier molecular flexibility index (Phi) is 4.14. The van der Waals surface area contributed by atoms with Gasteiger partial charge in [0.1, 0.15) is 5.82 Å². The average Bonchev–Trinajstić information content (AvgIpc) is 3.15. The zero-order valence-electron chi connectivity index (χ0n) is 10.5. The van der Waals surface area contributed by atoms with Gasteiger partial charge in [0.2, 0.25) is 0 Å². The third kappa shape index (κ3) is 4.05. The smallest absolute Gasteiger partial charge is 0.409 e. The second-order valence-corrected chi connectivity index (χ2v) is 4.88. The predicted octanol–water partition coefficient (Wildman–Crippen LogP) is 3.68. The minimum atomic E-state index is -1.35. The third-order valence-corrected chi connectivity index (χ3v) is 3.24. The number of amides is 1. The molecule has 4 nitrogen and oxygen atoms in total. The van der Waals surface area contributed by atoms with Crippen molar-refractivity contribution < 1.29 is 19.1 Å². The summed E-state index contributed by atoms with van der Waals surface area (Å²) < 4.78 is 13.3. The van der Waals surface area contributed by atoms with Gasteiger partial charge in [-0.05, 0) is 30.5 Å². The van der Waals surface area contributed by atoms with Gasteiger partial charge >= 0.3 is 6.09 Å². The van der Waals surface area contributed by atoms with Crippen LogP contribution in [0.1, 0.15) is 42.5 Å². The van der Waals surface area contributed by atoms with E-state index in [9.17, 15) is 14.0 Å². The molecule has 2 N–H and O–H groups in total. The zero-order chi connectivity index (χ0) is 13.8. The molecule has 2 rings (SSSR count). The molecule has 0 heterocycles. The lowest BCUT2D eigenvalue weighted by Gasteiger charge is -2.06. The topological polar surface area (TPSA) is 66.4 Å². The van der Waals surface area contributed by atoms with Crippen LogP contribution in [0.5, 0.6) is 0 Å². The molecular weight excluding hydrogens is 249 g/mol. The number of hydrogen-bond donors (Lipinski definition) is 2. The van der Waals surface area contributed by atoms with E-state index in [0.717, 1.165) is 24.8 Å². The normalized spacial score (nSPS) is 14.2. The van der Waals surface area contributed by atoms with E-state index in [1.807, 2.05) is 5.32 Å². The Morgan fingerprint density at radius 1 is 1.37 bits per heavy atom. The van der Waals surface area contributed by atoms with Crippen LogP contribution < -0.4 is 5.32 Å². The van der Waals surface area contributed by atoms with Gasteiger partial charge in [-0.2, -0.15) is 0 Å². The number of ketones is 1. The molecule has 0 bridgehead atoms. The largest absolute Gasteiger partial charge is 0.465 e. The molecule has 0 radical (unpaired) electrons. The molecule has 0 unspecified atom stereocenters. The van der Waals surface area contributed by atoms with Crippen molar-refractivity contribution in [3.8, 4) is 0 Å². The van der Waals surface area contributed by atoms with Crippen molar-refractivity contribution in [2.24, 2.45) is 5.92 Å². The molecule has 0 spiro atoms. The van der Waals surface area contributed by atoms with Crippen molar-refractivity contribution in [3.05, 3.63) is 29.6 Å². The van der Waals surface area contributed by atoms with Gasteiger partial charge in [-0.25, -0.2) is 9.18 Å². The van der Waals surface area contributed by atoms with Gasteiger partial charge in [0.05, 0.1) is 5.69 Å². The van der Waals surface area contributed by atoms with E-state index >= 15 is 0 Å². The molecule has 102 valence electrons. The second-order valence-electron chi connectivity index (χ2n) is 4.88. The highest BCUT2D eigenvalue weighted by atomic mass is 19.1. The van der Waals surface area contributed by atoms with E-state index in [1.54, 1.807) is 0 Å². The summed E-state index contributed by atoms with van der Waals surface area (Å²) in [5, 5.41) is 10.5. The van der Waals surface area contributed by atoms with Crippen LogP contribution in [0.15, 0.2) is 18.2 Å². The molecule has 1 amide bonds. The Hall–Kier alpha value is -1.91. The van der Waals surface area contributed by atoms with Crippen molar-refractivity contribution in [3.63, 3.8) is 0 Å². The molecule has 0 saturated heterocycles. The average molecular weight is 265 g/mol. The van der Waals surface area contributed by atoms with Crippen molar-refractivity contribution in [1.82, 2.24) is 0 Å². The maximum atomic E-state index is 13.3. The van der Waals surface area contributed by atoms with Crippen LogP contribution >= 0.6 is 0 Å². The number of Topliss-reactive ketones (excluding diaryl/α,β-unsaturated/α-hetero) is 1. The summed E-state index contributed by atoms with van der Waals surface area (Å²) >= 11 is 0. The molecule has 1 aromatic carbocycles. The first-order chi connectivity index (χ1) is 9.06. The third-order valence-electron chi connectivity index (χ3n) is 3.24. The van der Waals surface area contributed by atoms with Crippen LogP contribution in [0.4, 0.5) is 14.9 Å². The van der Waals surface area contributed by atoms with Crippen LogP contribution in [-0.4, -0.2) is 17.0 Å². The van der Waals surface area contributed by atoms with Gasteiger partial charge in [0.25, 0.3) is 0 Å². The Morgan fingerprint density at radius 2 is 2.11 bits per heavy atom. The van der Waals surface area contributed by atoms with Crippen molar-refractivity contribution in [1.29, 1.82) is 0 Å². The molecule has 1 aliphatic carbocycles. The lowest BCUT2D eigenvalue weighted by Crippen LogP contribution is -2.10. The minimum Gasteiger partial charge on any atom is -0.465 e. The van der Waals surface area contributed by atoms with E-state index in [2.05, 4.69) is 0 Å². The fraction of sp³-hybridized carbons (Fsp3) is 0.429. The molecule has 19 heavy (non-hydrogen) atoms. The number of carboxylic acid groups (broad SMARTS) is 1. The number of anilines is 1. The minimum absolute atomic E-state index is 0.0749. The van der Waals surface area contributed by atoms with E-state index in [0.29, 0.717) is 12.0 Å². The van der Waals surface area contributed by atoms with Gasteiger partial charge < -0.3 is 5.11 Å². The molecule has 1 aromatic rings. The number of benzene rings is 1. The van der Waals surface area contributed by atoms with Gasteiger partial charge in [0, 0.05) is 12.0 Å². The first-order valence-corrected chi connectivity index (χ1v) is 6.39. The summed E-state index contributed by atoms with van der Waals surface area (Å²) in [5.41, 5.74) is 0.168. The van der Waals surface area contributed by atoms with Crippen LogP contribution in [0, 0.1) is 11.7 Å². The van der Waals surface area contributed by atoms with E-state index in [1.165, 1.54) is 25.0 Å². The number of hydrogen-bond acceptors (Lipinski definition) is 2. The van der Waals surface area contributed by atoms with Gasteiger partial charge in [0.15, 0.2) is 5.78 Å². The first kappa shape index (κ1) is 13.5. The fourth-order valence-electron chi connectivity index (χ4n) is 2.01. The lowest BCUT2D eigenvalue weighted by atomic mass is 10.0. The van der Waals surface area contributed by atoms with E-state index in [-0.39, 0.29) is 11.5 Å². The predicted molar refractivity (Wildman–Crippen MR) is 69.0 cm³/mol. The number of rotatable bonds is 6. The lowest BCUT2D eigenvalue weighted by molar-refractivity contribution is 0.0978. The number of carbonyl (C=O) groups is 2. The molecule has 5 heteroatoms. The van der Waals surface area contributed by atoms with Crippen molar-refractivity contribution >= 4 is 17.6 Å². The highest BCUT2D eigenvalue weighted by Crippen LogP contribution is 2.34. The Labute approximate surface area is 110 Å². The van der Waals surface area contributed by atoms with E-state index in [4.69, 9.17) is 5.11 Å². The Balaban J connectivity index is 1.97. The fourth-order valence-corrected chi connectivity index (χ4v) is 2.01. The number of carbonyl (C=O) groups excluding carboxylic acids is 1. The maximum absolute atomic E-state index is 13.3. The molecular formula is C14H16FNO3. The maximum Gasteiger partial charge on any atom is 0.409 e. The Morgan fingerprint density at radius 3 is 2.74 bits per heavy atom. The first-order valence-electron chi connectivity index (χ1n) is 6.39. The summed E-state index contributed by atoms with van der Waals surface area (Å²) in [6.07, 6.45) is 3.50. The van der Waals surface area contributed by atoms with E-state index < -0.39 is 11.9 Å². The van der Waals surface area contributed by atoms with Crippen LogP contribution in [0.25, 0.3) is 0 Å².